The molecule has 7 heteroatoms. The molecule has 3 aromatic rings. The Morgan fingerprint density at radius 1 is 1.09 bits per heavy atom. The monoisotopic (exact) mass is 493 g/mol. The lowest BCUT2D eigenvalue weighted by molar-refractivity contribution is 0.0905. The van der Waals surface area contributed by atoms with Gasteiger partial charge in [-0.3, -0.25) is 0 Å². The summed E-state index contributed by atoms with van der Waals surface area (Å²) in [6.45, 7) is 9.65. The Balaban J connectivity index is 1.57. The van der Waals surface area contributed by atoms with Crippen molar-refractivity contribution in [1.82, 2.24) is 4.57 Å². The quantitative estimate of drug-likeness (QED) is 0.465. The minimum absolute atomic E-state index is 0.103. The average Bonchev–Trinajstić information content (AvgIpc) is 3.14. The number of hydrogen-bond acceptors (Lipinski definition) is 5. The van der Waals surface area contributed by atoms with Gasteiger partial charge >= 0.3 is 0 Å². The first-order valence-electron chi connectivity index (χ1n) is 12.1. The van der Waals surface area contributed by atoms with E-state index < -0.39 is 9.84 Å². The molecule has 2 aromatic carbocycles. The van der Waals surface area contributed by atoms with Gasteiger partial charge in [0.25, 0.3) is 0 Å². The van der Waals surface area contributed by atoms with Crippen LogP contribution in [0.1, 0.15) is 39.3 Å². The summed E-state index contributed by atoms with van der Waals surface area (Å²) in [6.07, 6.45) is 3.24. The van der Waals surface area contributed by atoms with Crippen LogP contribution in [0.4, 0.5) is 11.4 Å². The Morgan fingerprint density at radius 3 is 2.46 bits per heavy atom. The summed E-state index contributed by atoms with van der Waals surface area (Å²) in [5.74, 6) is 6.61. The van der Waals surface area contributed by atoms with Crippen LogP contribution in [0.3, 0.4) is 0 Å². The van der Waals surface area contributed by atoms with Crippen molar-refractivity contribution in [1.29, 1.82) is 0 Å². The van der Waals surface area contributed by atoms with Crippen LogP contribution in [0.15, 0.2) is 53.4 Å². The van der Waals surface area contributed by atoms with E-state index in [1.54, 1.807) is 24.3 Å². The van der Waals surface area contributed by atoms with Crippen molar-refractivity contribution in [2.24, 2.45) is 5.41 Å². The van der Waals surface area contributed by atoms with Crippen molar-refractivity contribution in [3.63, 3.8) is 0 Å². The number of rotatable bonds is 6. The van der Waals surface area contributed by atoms with Crippen molar-refractivity contribution in [2.75, 3.05) is 36.6 Å². The average molecular weight is 494 g/mol. The molecule has 0 spiro atoms. The summed E-state index contributed by atoms with van der Waals surface area (Å²) < 4.78 is 31.1. The Morgan fingerprint density at radius 2 is 1.80 bits per heavy atom. The van der Waals surface area contributed by atoms with Crippen molar-refractivity contribution in [3.8, 4) is 11.8 Å². The smallest absolute Gasteiger partial charge is 0.175 e. The molecule has 0 radical (unpaired) electrons. The van der Waals surface area contributed by atoms with E-state index in [1.165, 1.54) is 17.2 Å². The zero-order valence-corrected chi connectivity index (χ0v) is 21.8. The molecule has 186 valence electrons. The van der Waals surface area contributed by atoms with Gasteiger partial charge in [-0.1, -0.05) is 32.8 Å². The molecule has 0 aliphatic carbocycles. The van der Waals surface area contributed by atoms with Crippen LogP contribution < -0.4 is 10.6 Å². The van der Waals surface area contributed by atoms with Gasteiger partial charge in [0.05, 0.1) is 22.7 Å². The molecule has 1 aliphatic heterocycles. The van der Waals surface area contributed by atoms with Crippen LogP contribution in [-0.4, -0.2) is 45.0 Å². The lowest BCUT2D eigenvalue weighted by Crippen LogP contribution is -2.27. The Kier molecular flexibility index (Phi) is 7.44. The van der Waals surface area contributed by atoms with Gasteiger partial charge in [-0.15, -0.1) is 0 Å². The maximum atomic E-state index is 11.6. The number of aromatic nitrogens is 1. The van der Waals surface area contributed by atoms with E-state index in [0.717, 1.165) is 49.7 Å². The van der Waals surface area contributed by atoms with Crippen LogP contribution in [-0.2, 0) is 21.1 Å². The molecule has 1 fully saturated rings. The topological polar surface area (TPSA) is 72.4 Å². The van der Waals surface area contributed by atoms with Gasteiger partial charge in [0.2, 0.25) is 0 Å². The molecular formula is C28H35N3O3S. The third kappa shape index (κ3) is 6.59. The third-order valence-electron chi connectivity index (χ3n) is 6.04. The van der Waals surface area contributed by atoms with Crippen molar-refractivity contribution >= 4 is 32.1 Å². The van der Waals surface area contributed by atoms with Crippen LogP contribution >= 0.6 is 0 Å². The number of benzene rings is 2. The molecular weight excluding hydrogens is 458 g/mol. The molecule has 0 atom stereocenters. The standard InChI is InChI=1S/C28H35N3O3S/c1-28(2,3)20-31-23(7-6-16-29-21-10-12-24(13-11-21)35(4,32)33)19-25-26(8-5-9-27(25)31)30-22-14-17-34-18-15-22/h5,8-13,19,22,29-30H,14-18,20H2,1-4H3. The molecule has 6 nitrogen and oxygen atoms in total. The second-order valence-corrected chi connectivity index (χ2v) is 12.4. The first kappa shape index (κ1) is 25.2. The zero-order valence-electron chi connectivity index (χ0n) is 21.0. The lowest BCUT2D eigenvalue weighted by Gasteiger charge is -2.25. The van der Waals surface area contributed by atoms with Gasteiger partial charge in [0, 0.05) is 48.8 Å². The van der Waals surface area contributed by atoms with Crippen molar-refractivity contribution in [3.05, 3.63) is 54.2 Å². The maximum Gasteiger partial charge on any atom is 0.175 e. The fourth-order valence-corrected chi connectivity index (χ4v) is 4.95. The van der Waals surface area contributed by atoms with Crippen LogP contribution in [0, 0.1) is 17.3 Å². The predicted molar refractivity (Wildman–Crippen MR) is 144 cm³/mol. The molecule has 0 amide bonds. The summed E-state index contributed by atoms with van der Waals surface area (Å²) in [6, 6.07) is 15.8. The SMILES string of the molecule is CC(C)(C)Cn1c(C#CCNc2ccc(S(C)(=O)=O)cc2)cc2c(NC3CCOCC3)cccc21. The molecule has 2 N–H and O–H groups in total. The Labute approximate surface area is 209 Å². The van der Waals surface area contributed by atoms with Gasteiger partial charge in [0.1, 0.15) is 0 Å². The highest BCUT2D eigenvalue weighted by molar-refractivity contribution is 7.90. The second kappa shape index (κ2) is 10.3. The third-order valence-corrected chi connectivity index (χ3v) is 7.17. The number of nitrogens with zero attached hydrogens (tertiary/aromatic N) is 1. The van der Waals surface area contributed by atoms with E-state index in [9.17, 15) is 8.42 Å². The summed E-state index contributed by atoms with van der Waals surface area (Å²) in [5, 5.41) is 8.18. The fraction of sp³-hybridized carbons (Fsp3) is 0.429. The van der Waals surface area contributed by atoms with E-state index in [2.05, 4.69) is 72.1 Å². The second-order valence-electron chi connectivity index (χ2n) is 10.4. The van der Waals surface area contributed by atoms with E-state index in [-0.39, 0.29) is 5.41 Å². The van der Waals surface area contributed by atoms with Gasteiger partial charge in [0.15, 0.2) is 9.84 Å². The normalized spacial score (nSPS) is 15.0. The molecule has 1 aromatic heterocycles. The van der Waals surface area contributed by atoms with Gasteiger partial charge in [-0.05, 0) is 66.6 Å². The molecule has 4 rings (SSSR count). The maximum absolute atomic E-state index is 11.6. The number of anilines is 2. The van der Waals surface area contributed by atoms with Crippen LogP contribution in [0.2, 0.25) is 0 Å². The zero-order chi connectivity index (χ0) is 25.1. The number of nitrogens with one attached hydrogen (secondary N) is 2. The highest BCUT2D eigenvalue weighted by Gasteiger charge is 2.19. The summed E-state index contributed by atoms with van der Waals surface area (Å²) >= 11 is 0. The Bertz CT molecular complexity index is 1330. The first-order chi connectivity index (χ1) is 16.6. The lowest BCUT2D eigenvalue weighted by atomic mass is 9.96. The predicted octanol–water partition coefficient (Wildman–Crippen LogP) is 5.15. The first-order valence-corrected chi connectivity index (χ1v) is 14.0. The largest absolute Gasteiger partial charge is 0.382 e. The van der Waals surface area contributed by atoms with Gasteiger partial charge in [-0.2, -0.15) is 0 Å². The number of sulfone groups is 1. The summed E-state index contributed by atoms with van der Waals surface area (Å²) in [5.41, 5.74) is 4.27. The molecule has 1 aliphatic rings. The molecule has 1 saturated heterocycles. The number of hydrogen-bond donors (Lipinski definition) is 2. The molecule has 0 bridgehead atoms. The highest BCUT2D eigenvalue weighted by atomic mass is 32.2. The van der Waals surface area contributed by atoms with Crippen LogP contribution in [0.25, 0.3) is 10.9 Å². The fourth-order valence-electron chi connectivity index (χ4n) is 4.32. The van der Waals surface area contributed by atoms with E-state index in [0.29, 0.717) is 17.5 Å². The number of fused-ring (bicyclic) bond motifs is 1. The summed E-state index contributed by atoms with van der Waals surface area (Å²) in [4.78, 5) is 0.311. The Hall–Kier alpha value is -2.95. The molecule has 0 saturated carbocycles. The van der Waals surface area contributed by atoms with Gasteiger partial charge in [-0.25, -0.2) is 8.42 Å². The van der Waals surface area contributed by atoms with Crippen molar-refractivity contribution < 1.29 is 13.2 Å². The minimum atomic E-state index is -3.20. The van der Waals surface area contributed by atoms with Crippen molar-refractivity contribution in [2.45, 2.75) is 51.1 Å². The number of ether oxygens (including phenoxy) is 1. The molecule has 0 unspecified atom stereocenters. The summed E-state index contributed by atoms with van der Waals surface area (Å²) in [7, 11) is -3.20. The highest BCUT2D eigenvalue weighted by Crippen LogP contribution is 2.31. The van der Waals surface area contributed by atoms with Crippen LogP contribution in [0.5, 0.6) is 0 Å². The molecule has 35 heavy (non-hydrogen) atoms. The molecule has 2 heterocycles. The minimum Gasteiger partial charge on any atom is -0.382 e. The van der Waals surface area contributed by atoms with E-state index >= 15 is 0 Å². The van der Waals surface area contributed by atoms with E-state index in [1.807, 2.05) is 0 Å². The van der Waals surface area contributed by atoms with Gasteiger partial charge < -0.3 is 19.9 Å². The van der Waals surface area contributed by atoms with E-state index in [4.69, 9.17) is 4.74 Å².